The summed E-state index contributed by atoms with van der Waals surface area (Å²) in [6.07, 6.45) is 5.07. The van der Waals surface area contributed by atoms with Crippen LogP contribution in [-0.4, -0.2) is 61.0 Å². The number of hydrogen-bond acceptors (Lipinski definition) is 5. The van der Waals surface area contributed by atoms with Crippen LogP contribution >= 0.6 is 11.8 Å². The van der Waals surface area contributed by atoms with E-state index in [0.29, 0.717) is 24.8 Å². The van der Waals surface area contributed by atoms with E-state index in [0.717, 1.165) is 18.0 Å². The number of carbonyl (C=O) groups is 1. The molecule has 4 rings (SSSR count). The molecule has 0 bridgehead atoms. The van der Waals surface area contributed by atoms with Gasteiger partial charge in [-0.05, 0) is 38.0 Å². The third-order valence-corrected chi connectivity index (χ3v) is 8.71. The summed E-state index contributed by atoms with van der Waals surface area (Å²) in [6, 6.07) is 5.70. The number of hydrogen-bond donors (Lipinski definition) is 1. The third kappa shape index (κ3) is 3.40. The number of piperazine rings is 1. The van der Waals surface area contributed by atoms with Crippen LogP contribution in [0.1, 0.15) is 32.6 Å². The van der Waals surface area contributed by atoms with Crippen LogP contribution in [0.3, 0.4) is 0 Å². The molecule has 142 valence electrons. The topological polar surface area (TPSA) is 69.7 Å². The van der Waals surface area contributed by atoms with Crippen molar-refractivity contribution in [3.05, 3.63) is 18.2 Å². The van der Waals surface area contributed by atoms with Crippen molar-refractivity contribution in [2.45, 2.75) is 53.7 Å². The van der Waals surface area contributed by atoms with Gasteiger partial charge in [0.2, 0.25) is 15.9 Å². The van der Waals surface area contributed by atoms with Crippen molar-refractivity contribution in [1.82, 2.24) is 9.21 Å². The Balaban J connectivity index is 1.49. The zero-order valence-corrected chi connectivity index (χ0v) is 16.6. The Labute approximate surface area is 159 Å². The van der Waals surface area contributed by atoms with Crippen molar-refractivity contribution in [1.29, 1.82) is 0 Å². The molecule has 1 amide bonds. The van der Waals surface area contributed by atoms with Gasteiger partial charge in [0.15, 0.2) is 0 Å². The maximum absolute atomic E-state index is 13.0. The molecule has 1 aromatic rings. The quantitative estimate of drug-likeness (QED) is 0.851. The van der Waals surface area contributed by atoms with Gasteiger partial charge in [-0.2, -0.15) is 4.31 Å². The van der Waals surface area contributed by atoms with Crippen molar-refractivity contribution in [2.24, 2.45) is 0 Å². The Morgan fingerprint density at radius 2 is 1.81 bits per heavy atom. The van der Waals surface area contributed by atoms with E-state index >= 15 is 0 Å². The fourth-order valence-electron chi connectivity index (χ4n) is 4.08. The smallest absolute Gasteiger partial charge is 0.243 e. The lowest BCUT2D eigenvalue weighted by atomic mass is 10.2. The van der Waals surface area contributed by atoms with Crippen LogP contribution in [0.2, 0.25) is 0 Å². The summed E-state index contributed by atoms with van der Waals surface area (Å²) in [7, 11) is -3.53. The molecule has 1 aromatic carbocycles. The van der Waals surface area contributed by atoms with Gasteiger partial charge in [-0.1, -0.05) is 12.8 Å². The molecule has 1 N–H and O–H groups in total. The van der Waals surface area contributed by atoms with E-state index < -0.39 is 10.0 Å². The number of rotatable bonds is 3. The highest BCUT2D eigenvalue weighted by Crippen LogP contribution is 2.37. The van der Waals surface area contributed by atoms with Gasteiger partial charge >= 0.3 is 0 Å². The van der Waals surface area contributed by atoms with Gasteiger partial charge < -0.3 is 5.32 Å². The number of anilines is 1. The van der Waals surface area contributed by atoms with Gasteiger partial charge in [0.05, 0.1) is 15.8 Å². The summed E-state index contributed by atoms with van der Waals surface area (Å²) in [6.45, 7) is 4.53. The average molecular weight is 396 g/mol. The van der Waals surface area contributed by atoms with Gasteiger partial charge in [-0.15, -0.1) is 11.8 Å². The number of amides is 1. The molecule has 8 heteroatoms. The molecule has 2 heterocycles. The molecule has 1 aliphatic carbocycles. The number of nitrogens with one attached hydrogen (secondary N) is 1. The number of fused-ring (bicyclic) bond motifs is 1. The number of nitrogens with zero attached hydrogens (tertiary/aromatic N) is 2. The first kappa shape index (κ1) is 18.3. The van der Waals surface area contributed by atoms with E-state index in [2.05, 4.69) is 10.2 Å². The van der Waals surface area contributed by atoms with E-state index in [9.17, 15) is 13.2 Å². The second-order valence-electron chi connectivity index (χ2n) is 7.29. The molecular weight excluding hydrogens is 370 g/mol. The Morgan fingerprint density at radius 1 is 1.12 bits per heavy atom. The van der Waals surface area contributed by atoms with Crippen molar-refractivity contribution in [2.75, 3.05) is 31.5 Å². The average Bonchev–Trinajstić information content (AvgIpc) is 3.17. The fourth-order valence-corrected chi connectivity index (χ4v) is 6.46. The van der Waals surface area contributed by atoms with E-state index in [1.165, 1.54) is 37.4 Å². The first-order chi connectivity index (χ1) is 12.4. The summed E-state index contributed by atoms with van der Waals surface area (Å²) < 4.78 is 27.7. The van der Waals surface area contributed by atoms with Crippen LogP contribution in [0.25, 0.3) is 0 Å². The molecule has 0 spiro atoms. The number of benzene rings is 1. The van der Waals surface area contributed by atoms with Gasteiger partial charge in [-0.3, -0.25) is 9.69 Å². The summed E-state index contributed by atoms with van der Waals surface area (Å²) in [4.78, 5) is 15.5. The molecule has 0 unspecified atom stereocenters. The summed E-state index contributed by atoms with van der Waals surface area (Å²) in [5.74, 6) is -0.0813. The second kappa shape index (κ2) is 7.14. The number of carbonyl (C=O) groups excluding carboxylic acids is 1. The molecule has 0 radical (unpaired) electrons. The number of sulfonamides is 1. The molecule has 2 aliphatic heterocycles. The largest absolute Gasteiger partial charge is 0.324 e. The van der Waals surface area contributed by atoms with Gasteiger partial charge in [0.25, 0.3) is 0 Å². The van der Waals surface area contributed by atoms with E-state index in [-0.39, 0.29) is 16.1 Å². The molecule has 1 saturated carbocycles. The zero-order chi connectivity index (χ0) is 18.3. The van der Waals surface area contributed by atoms with Crippen LogP contribution in [0.5, 0.6) is 0 Å². The SMILES string of the molecule is C[C@@H]1Sc2ccc(S(=O)(=O)N3CCN(C4CCCC4)CC3)cc2NC1=O. The molecule has 0 aromatic heterocycles. The monoisotopic (exact) mass is 395 g/mol. The van der Waals surface area contributed by atoms with Crippen molar-refractivity contribution >= 4 is 33.4 Å². The standard InChI is InChI=1S/C18H25N3O3S2/c1-13-18(22)19-16-12-15(6-7-17(16)25-13)26(23,24)21-10-8-20(9-11-21)14-4-2-3-5-14/h6-7,12-14H,2-5,8-11H2,1H3,(H,19,22)/t13-/m0/s1. The van der Waals surface area contributed by atoms with Gasteiger partial charge in [0.1, 0.15) is 0 Å². The Bertz CT molecular complexity index is 798. The van der Waals surface area contributed by atoms with Gasteiger partial charge in [-0.25, -0.2) is 8.42 Å². The fraction of sp³-hybridized carbons (Fsp3) is 0.611. The third-order valence-electron chi connectivity index (χ3n) is 5.63. The lowest BCUT2D eigenvalue weighted by molar-refractivity contribution is -0.115. The maximum Gasteiger partial charge on any atom is 0.243 e. The predicted octanol–water partition coefficient (Wildman–Crippen LogP) is 2.37. The Kier molecular flexibility index (Phi) is 5.02. The van der Waals surface area contributed by atoms with Crippen LogP contribution in [-0.2, 0) is 14.8 Å². The normalized spacial score (nSPS) is 25.9. The minimum absolute atomic E-state index is 0.0813. The molecular formula is C18H25N3O3S2. The highest BCUT2D eigenvalue weighted by molar-refractivity contribution is 8.01. The lowest BCUT2D eigenvalue weighted by Gasteiger charge is -2.37. The number of thioether (sulfide) groups is 1. The molecule has 6 nitrogen and oxygen atoms in total. The summed E-state index contributed by atoms with van der Waals surface area (Å²) >= 11 is 1.46. The van der Waals surface area contributed by atoms with E-state index in [4.69, 9.17) is 0 Å². The highest BCUT2D eigenvalue weighted by atomic mass is 32.2. The predicted molar refractivity (Wildman–Crippen MR) is 103 cm³/mol. The Hall–Kier alpha value is -1.09. The van der Waals surface area contributed by atoms with Crippen LogP contribution < -0.4 is 5.32 Å². The minimum atomic E-state index is -3.53. The van der Waals surface area contributed by atoms with Gasteiger partial charge in [0, 0.05) is 37.1 Å². The molecule has 3 aliphatic rings. The van der Waals surface area contributed by atoms with Crippen LogP contribution in [0.15, 0.2) is 28.0 Å². The minimum Gasteiger partial charge on any atom is -0.324 e. The molecule has 1 atom stereocenters. The zero-order valence-electron chi connectivity index (χ0n) is 15.0. The summed E-state index contributed by atoms with van der Waals surface area (Å²) in [5, 5.41) is 2.66. The van der Waals surface area contributed by atoms with E-state index in [1.807, 2.05) is 6.92 Å². The van der Waals surface area contributed by atoms with Crippen molar-refractivity contribution in [3.8, 4) is 0 Å². The summed E-state index contributed by atoms with van der Waals surface area (Å²) in [5.41, 5.74) is 0.601. The second-order valence-corrected chi connectivity index (χ2v) is 10.6. The molecule has 2 fully saturated rings. The van der Waals surface area contributed by atoms with Crippen molar-refractivity contribution < 1.29 is 13.2 Å². The lowest BCUT2D eigenvalue weighted by Crippen LogP contribution is -2.51. The van der Waals surface area contributed by atoms with E-state index in [1.54, 1.807) is 22.5 Å². The van der Waals surface area contributed by atoms with Crippen LogP contribution in [0.4, 0.5) is 5.69 Å². The Morgan fingerprint density at radius 3 is 2.50 bits per heavy atom. The maximum atomic E-state index is 13.0. The van der Waals surface area contributed by atoms with Crippen LogP contribution in [0, 0.1) is 0 Å². The first-order valence-electron chi connectivity index (χ1n) is 9.31. The highest BCUT2D eigenvalue weighted by Gasteiger charge is 2.33. The molecule has 26 heavy (non-hydrogen) atoms. The van der Waals surface area contributed by atoms with Crippen molar-refractivity contribution in [3.63, 3.8) is 0 Å². The molecule has 1 saturated heterocycles. The first-order valence-corrected chi connectivity index (χ1v) is 11.6.